The number of aromatic nitrogens is 2. The predicted octanol–water partition coefficient (Wildman–Crippen LogP) is 1.06. The molecule has 5 nitrogen and oxygen atoms in total. The van der Waals surface area contributed by atoms with Gasteiger partial charge in [-0.25, -0.2) is 9.97 Å². The Morgan fingerprint density at radius 3 is 2.76 bits per heavy atom. The van der Waals surface area contributed by atoms with E-state index in [1.807, 2.05) is 0 Å². The standard InChI is InChI=1S/C12H20N4O/c1-16(10-4-3-6-13-7-5-10)12-14-8-11(17-2)9-15-12/h8-10,13H,3-7H2,1-2H3. The predicted molar refractivity (Wildman–Crippen MR) is 67.5 cm³/mol. The Morgan fingerprint density at radius 2 is 2.06 bits per heavy atom. The number of hydrogen-bond acceptors (Lipinski definition) is 5. The summed E-state index contributed by atoms with van der Waals surface area (Å²) in [6, 6.07) is 0.526. The SMILES string of the molecule is COc1cnc(N(C)C2CCCNCC2)nc1. The van der Waals surface area contributed by atoms with Crippen LogP contribution < -0.4 is 15.0 Å². The summed E-state index contributed by atoms with van der Waals surface area (Å²) in [5.74, 6) is 1.47. The molecule has 0 radical (unpaired) electrons. The molecule has 2 rings (SSSR count). The molecule has 1 fully saturated rings. The molecule has 0 saturated carbocycles. The summed E-state index contributed by atoms with van der Waals surface area (Å²) in [6.07, 6.45) is 6.98. The summed E-state index contributed by atoms with van der Waals surface area (Å²) in [5, 5.41) is 3.41. The van der Waals surface area contributed by atoms with Crippen molar-refractivity contribution in [2.24, 2.45) is 0 Å². The second-order valence-corrected chi connectivity index (χ2v) is 4.37. The smallest absolute Gasteiger partial charge is 0.225 e. The van der Waals surface area contributed by atoms with Crippen LogP contribution in [0.25, 0.3) is 0 Å². The zero-order valence-electron chi connectivity index (χ0n) is 10.5. The van der Waals surface area contributed by atoms with Crippen LogP contribution in [0.5, 0.6) is 5.75 Å². The average molecular weight is 236 g/mol. The third kappa shape index (κ3) is 3.06. The van der Waals surface area contributed by atoms with Crippen LogP contribution in [0.2, 0.25) is 0 Å². The maximum atomic E-state index is 5.06. The Morgan fingerprint density at radius 1 is 1.29 bits per heavy atom. The van der Waals surface area contributed by atoms with Gasteiger partial charge in [-0.05, 0) is 32.4 Å². The van der Waals surface area contributed by atoms with Gasteiger partial charge in [-0.15, -0.1) is 0 Å². The van der Waals surface area contributed by atoms with Crippen molar-refractivity contribution in [1.82, 2.24) is 15.3 Å². The minimum atomic E-state index is 0.526. The van der Waals surface area contributed by atoms with Crippen molar-refractivity contribution in [1.29, 1.82) is 0 Å². The highest BCUT2D eigenvalue weighted by Crippen LogP contribution is 2.17. The van der Waals surface area contributed by atoms with Gasteiger partial charge in [-0.3, -0.25) is 0 Å². The van der Waals surface area contributed by atoms with Crippen LogP contribution in [-0.2, 0) is 0 Å². The van der Waals surface area contributed by atoms with Gasteiger partial charge in [0.2, 0.25) is 5.95 Å². The second-order valence-electron chi connectivity index (χ2n) is 4.37. The van der Waals surface area contributed by atoms with Gasteiger partial charge in [0.1, 0.15) is 0 Å². The molecular formula is C12H20N4O. The van der Waals surface area contributed by atoms with Crippen molar-refractivity contribution < 1.29 is 4.74 Å². The first-order chi connectivity index (χ1) is 8.31. The van der Waals surface area contributed by atoms with Gasteiger partial charge in [0.15, 0.2) is 5.75 Å². The van der Waals surface area contributed by atoms with E-state index in [0.29, 0.717) is 11.8 Å². The Kier molecular flexibility index (Phi) is 4.14. The first-order valence-electron chi connectivity index (χ1n) is 6.11. The lowest BCUT2D eigenvalue weighted by Crippen LogP contribution is -2.33. The Labute approximate surface area is 102 Å². The highest BCUT2D eigenvalue weighted by molar-refractivity contribution is 5.31. The molecule has 1 aromatic heterocycles. The van der Waals surface area contributed by atoms with E-state index >= 15 is 0 Å². The quantitative estimate of drug-likeness (QED) is 0.850. The lowest BCUT2D eigenvalue weighted by Gasteiger charge is -2.26. The van der Waals surface area contributed by atoms with E-state index in [4.69, 9.17) is 4.74 Å². The fourth-order valence-electron chi connectivity index (χ4n) is 2.15. The van der Waals surface area contributed by atoms with E-state index in [1.165, 1.54) is 12.8 Å². The highest BCUT2D eigenvalue weighted by atomic mass is 16.5. The maximum Gasteiger partial charge on any atom is 0.225 e. The molecule has 1 unspecified atom stereocenters. The second kappa shape index (κ2) is 5.82. The topological polar surface area (TPSA) is 50.3 Å². The number of ether oxygens (including phenoxy) is 1. The van der Waals surface area contributed by atoms with Crippen molar-refractivity contribution in [3.05, 3.63) is 12.4 Å². The lowest BCUT2D eigenvalue weighted by molar-refractivity contribution is 0.410. The highest BCUT2D eigenvalue weighted by Gasteiger charge is 2.18. The van der Waals surface area contributed by atoms with Gasteiger partial charge in [-0.2, -0.15) is 0 Å². The Bertz CT molecular complexity index is 333. The van der Waals surface area contributed by atoms with Gasteiger partial charge in [0, 0.05) is 13.1 Å². The minimum Gasteiger partial charge on any atom is -0.494 e. The molecule has 0 spiro atoms. The zero-order chi connectivity index (χ0) is 12.1. The van der Waals surface area contributed by atoms with Gasteiger partial charge in [-0.1, -0.05) is 0 Å². The number of nitrogens with zero attached hydrogens (tertiary/aromatic N) is 3. The van der Waals surface area contributed by atoms with E-state index in [2.05, 4.69) is 27.2 Å². The molecule has 1 aliphatic heterocycles. The summed E-state index contributed by atoms with van der Waals surface area (Å²) in [7, 11) is 3.69. The van der Waals surface area contributed by atoms with Crippen LogP contribution in [0.15, 0.2) is 12.4 Å². The third-order valence-electron chi connectivity index (χ3n) is 3.26. The molecule has 94 valence electrons. The van der Waals surface area contributed by atoms with Gasteiger partial charge in [0.05, 0.1) is 19.5 Å². The fraction of sp³-hybridized carbons (Fsp3) is 0.667. The molecule has 0 aromatic carbocycles. The van der Waals surface area contributed by atoms with Crippen LogP contribution >= 0.6 is 0 Å². The zero-order valence-corrected chi connectivity index (χ0v) is 10.5. The summed E-state index contributed by atoms with van der Waals surface area (Å²) in [6.45, 7) is 2.19. The molecule has 1 aliphatic rings. The molecule has 0 aliphatic carbocycles. The van der Waals surface area contributed by atoms with Gasteiger partial charge < -0.3 is 15.0 Å². The molecule has 1 N–H and O–H groups in total. The molecule has 0 amide bonds. The van der Waals surface area contributed by atoms with Gasteiger partial charge in [0.25, 0.3) is 0 Å². The van der Waals surface area contributed by atoms with Crippen molar-refractivity contribution >= 4 is 5.95 Å². The van der Waals surface area contributed by atoms with E-state index in [-0.39, 0.29) is 0 Å². The summed E-state index contributed by atoms with van der Waals surface area (Å²) >= 11 is 0. The van der Waals surface area contributed by atoms with Crippen molar-refractivity contribution in [2.75, 3.05) is 32.1 Å². The maximum absolute atomic E-state index is 5.06. The number of rotatable bonds is 3. The van der Waals surface area contributed by atoms with E-state index in [9.17, 15) is 0 Å². The van der Waals surface area contributed by atoms with Crippen molar-refractivity contribution in [3.63, 3.8) is 0 Å². The molecule has 2 heterocycles. The monoisotopic (exact) mass is 236 g/mol. The van der Waals surface area contributed by atoms with Crippen LogP contribution in [0.3, 0.4) is 0 Å². The van der Waals surface area contributed by atoms with Crippen LogP contribution in [0, 0.1) is 0 Å². The number of hydrogen-bond donors (Lipinski definition) is 1. The summed E-state index contributed by atoms with van der Waals surface area (Å²) < 4.78 is 5.06. The molecule has 1 atom stereocenters. The molecule has 1 saturated heterocycles. The normalized spacial score (nSPS) is 20.7. The largest absolute Gasteiger partial charge is 0.494 e. The van der Waals surface area contributed by atoms with Crippen molar-refractivity contribution in [3.8, 4) is 5.75 Å². The lowest BCUT2D eigenvalue weighted by atomic mass is 10.1. The van der Waals surface area contributed by atoms with E-state index < -0.39 is 0 Å². The number of nitrogens with one attached hydrogen (secondary N) is 1. The summed E-state index contributed by atoms with van der Waals surface area (Å²) in [5.41, 5.74) is 0. The first-order valence-corrected chi connectivity index (χ1v) is 6.11. The Hall–Kier alpha value is -1.36. The Balaban J connectivity index is 2.03. The fourth-order valence-corrected chi connectivity index (χ4v) is 2.15. The minimum absolute atomic E-state index is 0.526. The van der Waals surface area contributed by atoms with Crippen LogP contribution in [0.4, 0.5) is 5.95 Å². The van der Waals surface area contributed by atoms with E-state index in [0.717, 1.165) is 25.5 Å². The first kappa shape index (κ1) is 12.1. The summed E-state index contributed by atoms with van der Waals surface area (Å²) in [4.78, 5) is 10.8. The number of anilines is 1. The molecule has 17 heavy (non-hydrogen) atoms. The van der Waals surface area contributed by atoms with Crippen molar-refractivity contribution in [2.45, 2.75) is 25.3 Å². The molecule has 0 bridgehead atoms. The van der Waals surface area contributed by atoms with E-state index in [1.54, 1.807) is 19.5 Å². The molecular weight excluding hydrogens is 216 g/mol. The molecule has 1 aromatic rings. The van der Waals surface area contributed by atoms with Crippen LogP contribution in [-0.4, -0.2) is 43.3 Å². The third-order valence-corrected chi connectivity index (χ3v) is 3.26. The number of methoxy groups -OCH3 is 1. The average Bonchev–Trinajstić information content (AvgIpc) is 2.67. The van der Waals surface area contributed by atoms with Gasteiger partial charge >= 0.3 is 0 Å². The molecule has 5 heteroatoms. The van der Waals surface area contributed by atoms with Crippen LogP contribution in [0.1, 0.15) is 19.3 Å².